The van der Waals surface area contributed by atoms with Crippen molar-refractivity contribution in [1.29, 1.82) is 0 Å². The molecule has 0 saturated heterocycles. The first-order valence-corrected chi connectivity index (χ1v) is 7.66. The summed E-state index contributed by atoms with van der Waals surface area (Å²) in [4.78, 5) is 9.26. The first-order valence-electron chi connectivity index (χ1n) is 5.61. The summed E-state index contributed by atoms with van der Waals surface area (Å²) in [6, 6.07) is 6.35. The van der Waals surface area contributed by atoms with Crippen molar-refractivity contribution >= 4 is 49.1 Å². The molecule has 3 rings (SSSR count). The zero-order chi connectivity index (χ0) is 14.1. The number of halogens is 3. The molecule has 3 aromatic rings. The predicted molar refractivity (Wildman–Crippen MR) is 80.9 cm³/mol. The smallest absolute Gasteiger partial charge is 0.169 e. The highest BCUT2D eigenvalue weighted by Gasteiger charge is 2.09. The molecular formula is C13H7BrClFN2OS. The SMILES string of the molecule is Fc1ccc(Br)cc1OCc1nc(Cl)c2ccsc2n1. The number of ether oxygens (including phenoxy) is 1. The minimum absolute atomic E-state index is 0.0565. The molecule has 1 aromatic carbocycles. The number of hydrogen-bond donors (Lipinski definition) is 0. The lowest BCUT2D eigenvalue weighted by atomic mass is 10.3. The molecule has 0 aliphatic rings. The first kappa shape index (κ1) is 13.7. The highest BCUT2D eigenvalue weighted by molar-refractivity contribution is 9.10. The normalized spacial score (nSPS) is 10.9. The molecule has 7 heteroatoms. The van der Waals surface area contributed by atoms with Gasteiger partial charge in [0.05, 0.1) is 0 Å². The van der Waals surface area contributed by atoms with Gasteiger partial charge in [0.15, 0.2) is 17.4 Å². The Labute approximate surface area is 131 Å². The van der Waals surface area contributed by atoms with Crippen LogP contribution in [-0.4, -0.2) is 9.97 Å². The highest BCUT2D eigenvalue weighted by atomic mass is 79.9. The van der Waals surface area contributed by atoms with Crippen LogP contribution in [-0.2, 0) is 6.61 Å². The van der Waals surface area contributed by atoms with Crippen LogP contribution in [0, 0.1) is 5.82 Å². The van der Waals surface area contributed by atoms with E-state index in [1.807, 2.05) is 11.4 Å². The monoisotopic (exact) mass is 372 g/mol. The molecule has 2 heterocycles. The number of nitrogens with zero attached hydrogens (tertiary/aromatic N) is 2. The van der Waals surface area contributed by atoms with E-state index < -0.39 is 5.82 Å². The summed E-state index contributed by atoms with van der Waals surface area (Å²) in [5.74, 6) is 0.131. The van der Waals surface area contributed by atoms with Crippen LogP contribution < -0.4 is 4.74 Å². The van der Waals surface area contributed by atoms with Crippen LogP contribution in [0.4, 0.5) is 4.39 Å². The minimum Gasteiger partial charge on any atom is -0.482 e. The second kappa shape index (κ2) is 5.63. The van der Waals surface area contributed by atoms with Gasteiger partial charge >= 0.3 is 0 Å². The third kappa shape index (κ3) is 2.77. The summed E-state index contributed by atoms with van der Waals surface area (Å²) in [6.45, 7) is 0.0565. The van der Waals surface area contributed by atoms with E-state index in [1.54, 1.807) is 12.1 Å². The van der Waals surface area contributed by atoms with Gasteiger partial charge in [-0.25, -0.2) is 14.4 Å². The summed E-state index contributed by atoms with van der Waals surface area (Å²) in [6.07, 6.45) is 0. The van der Waals surface area contributed by atoms with Gasteiger partial charge in [-0.15, -0.1) is 11.3 Å². The zero-order valence-corrected chi connectivity index (χ0v) is 13.1. The van der Waals surface area contributed by atoms with E-state index in [2.05, 4.69) is 25.9 Å². The fourth-order valence-corrected chi connectivity index (χ4v) is 3.08. The molecule has 3 nitrogen and oxygen atoms in total. The van der Waals surface area contributed by atoms with Crippen molar-refractivity contribution in [1.82, 2.24) is 9.97 Å². The van der Waals surface area contributed by atoms with Crippen LogP contribution >= 0.6 is 38.9 Å². The van der Waals surface area contributed by atoms with Crippen LogP contribution in [0.1, 0.15) is 5.82 Å². The molecule has 0 fully saturated rings. The van der Waals surface area contributed by atoms with E-state index in [4.69, 9.17) is 16.3 Å². The Bertz CT molecular complexity index is 780. The molecule has 0 aliphatic heterocycles. The number of rotatable bonds is 3. The summed E-state index contributed by atoms with van der Waals surface area (Å²) < 4.78 is 19.7. The predicted octanol–water partition coefficient (Wildman–Crippen LogP) is 4.83. The van der Waals surface area contributed by atoms with Gasteiger partial charge in [0, 0.05) is 9.86 Å². The van der Waals surface area contributed by atoms with Gasteiger partial charge in [-0.3, -0.25) is 0 Å². The molecule has 0 aliphatic carbocycles. The molecule has 0 spiro atoms. The maximum absolute atomic E-state index is 13.5. The Morgan fingerprint density at radius 1 is 1.30 bits per heavy atom. The summed E-state index contributed by atoms with van der Waals surface area (Å²) >= 11 is 10.8. The summed E-state index contributed by atoms with van der Waals surface area (Å²) in [7, 11) is 0. The van der Waals surface area contributed by atoms with Crippen molar-refractivity contribution in [2.45, 2.75) is 6.61 Å². The maximum atomic E-state index is 13.5. The number of hydrogen-bond acceptors (Lipinski definition) is 4. The molecule has 0 N–H and O–H groups in total. The average molecular weight is 374 g/mol. The Morgan fingerprint density at radius 3 is 3.00 bits per heavy atom. The Balaban J connectivity index is 1.84. The van der Waals surface area contributed by atoms with Gasteiger partial charge in [-0.2, -0.15) is 0 Å². The van der Waals surface area contributed by atoms with Crippen LogP contribution in [0.25, 0.3) is 10.2 Å². The van der Waals surface area contributed by atoms with Gasteiger partial charge in [0.25, 0.3) is 0 Å². The number of benzene rings is 1. The van der Waals surface area contributed by atoms with Crippen molar-refractivity contribution in [2.75, 3.05) is 0 Å². The van der Waals surface area contributed by atoms with E-state index >= 15 is 0 Å². The molecule has 20 heavy (non-hydrogen) atoms. The van der Waals surface area contributed by atoms with Gasteiger partial charge in [0.2, 0.25) is 0 Å². The summed E-state index contributed by atoms with van der Waals surface area (Å²) in [5, 5.41) is 3.09. The average Bonchev–Trinajstić information content (AvgIpc) is 2.89. The Morgan fingerprint density at radius 2 is 2.15 bits per heavy atom. The largest absolute Gasteiger partial charge is 0.482 e. The molecule has 0 amide bonds. The van der Waals surface area contributed by atoms with Crippen molar-refractivity contribution in [3.05, 3.63) is 50.9 Å². The lowest BCUT2D eigenvalue weighted by Gasteiger charge is -2.07. The Kier molecular flexibility index (Phi) is 3.87. The summed E-state index contributed by atoms with van der Waals surface area (Å²) in [5.41, 5.74) is 0. The third-order valence-electron chi connectivity index (χ3n) is 2.57. The molecular weight excluding hydrogens is 367 g/mol. The van der Waals surface area contributed by atoms with E-state index in [0.29, 0.717) is 11.0 Å². The second-order valence-electron chi connectivity index (χ2n) is 3.93. The zero-order valence-electron chi connectivity index (χ0n) is 9.94. The van der Waals surface area contributed by atoms with Crippen molar-refractivity contribution in [3.63, 3.8) is 0 Å². The second-order valence-corrected chi connectivity index (χ2v) is 6.10. The number of fused-ring (bicyclic) bond motifs is 1. The van der Waals surface area contributed by atoms with Crippen LogP contribution in [0.3, 0.4) is 0 Å². The topological polar surface area (TPSA) is 35.0 Å². The Hall–Kier alpha value is -1.24. The molecule has 0 saturated carbocycles. The van der Waals surface area contributed by atoms with E-state index in [9.17, 15) is 4.39 Å². The van der Waals surface area contributed by atoms with E-state index in [1.165, 1.54) is 17.4 Å². The number of aromatic nitrogens is 2. The van der Waals surface area contributed by atoms with Gasteiger partial charge in [-0.1, -0.05) is 27.5 Å². The van der Waals surface area contributed by atoms with E-state index in [0.717, 1.165) is 14.7 Å². The van der Waals surface area contributed by atoms with Crippen molar-refractivity contribution in [3.8, 4) is 5.75 Å². The van der Waals surface area contributed by atoms with Gasteiger partial charge in [0.1, 0.15) is 16.6 Å². The van der Waals surface area contributed by atoms with Crippen LogP contribution in [0.5, 0.6) is 5.75 Å². The minimum atomic E-state index is -0.434. The number of thiophene rings is 1. The van der Waals surface area contributed by atoms with Crippen molar-refractivity contribution in [2.24, 2.45) is 0 Å². The lowest BCUT2D eigenvalue weighted by Crippen LogP contribution is -2.02. The van der Waals surface area contributed by atoms with Gasteiger partial charge < -0.3 is 4.74 Å². The molecule has 2 aromatic heterocycles. The van der Waals surface area contributed by atoms with Crippen molar-refractivity contribution < 1.29 is 9.13 Å². The molecule has 0 bridgehead atoms. The maximum Gasteiger partial charge on any atom is 0.169 e. The third-order valence-corrected chi connectivity index (χ3v) is 4.16. The van der Waals surface area contributed by atoms with Gasteiger partial charge in [-0.05, 0) is 29.6 Å². The van der Waals surface area contributed by atoms with Crippen LogP contribution in [0.15, 0.2) is 34.1 Å². The fourth-order valence-electron chi connectivity index (χ4n) is 1.66. The lowest BCUT2D eigenvalue weighted by molar-refractivity contribution is 0.281. The first-order chi connectivity index (χ1) is 9.63. The molecule has 0 atom stereocenters. The highest BCUT2D eigenvalue weighted by Crippen LogP contribution is 2.26. The molecule has 102 valence electrons. The fraction of sp³-hybridized carbons (Fsp3) is 0.0769. The molecule has 0 radical (unpaired) electrons. The van der Waals surface area contributed by atoms with E-state index in [-0.39, 0.29) is 12.4 Å². The molecule has 0 unspecified atom stereocenters. The van der Waals surface area contributed by atoms with Crippen LogP contribution in [0.2, 0.25) is 5.15 Å². The standard InChI is InChI=1S/C13H7BrClFN2OS/c14-7-1-2-9(16)10(5-7)19-6-11-17-12(15)8-3-4-20-13(8)18-11/h1-5H,6H2. The quantitative estimate of drug-likeness (QED) is 0.617.